The van der Waals surface area contributed by atoms with Gasteiger partial charge in [0.15, 0.2) is 11.6 Å². The summed E-state index contributed by atoms with van der Waals surface area (Å²) in [6.07, 6.45) is 3.80. The molecule has 0 saturated heterocycles. The SMILES string of the molecule is NCc1cnc2c(c1)CC(c1cc(NC(=O)c3ccco3)ccc1Cl)=N2. The number of furan rings is 1. The summed E-state index contributed by atoms with van der Waals surface area (Å²) in [7, 11) is 0. The fourth-order valence-corrected chi connectivity index (χ4v) is 3.05. The highest BCUT2D eigenvalue weighted by Crippen LogP contribution is 2.31. The van der Waals surface area contributed by atoms with E-state index < -0.39 is 0 Å². The van der Waals surface area contributed by atoms with Gasteiger partial charge in [-0.15, -0.1) is 0 Å². The maximum Gasteiger partial charge on any atom is 0.291 e. The number of aromatic nitrogens is 1. The fourth-order valence-electron chi connectivity index (χ4n) is 2.82. The summed E-state index contributed by atoms with van der Waals surface area (Å²) in [6, 6.07) is 10.5. The van der Waals surface area contributed by atoms with Gasteiger partial charge in [-0.25, -0.2) is 9.98 Å². The summed E-state index contributed by atoms with van der Waals surface area (Å²) >= 11 is 6.36. The van der Waals surface area contributed by atoms with Crippen molar-refractivity contribution in [2.45, 2.75) is 13.0 Å². The minimum absolute atomic E-state index is 0.241. The molecule has 1 amide bonds. The molecule has 3 heterocycles. The average Bonchev–Trinajstić information content (AvgIpc) is 3.32. The minimum Gasteiger partial charge on any atom is -0.459 e. The maximum atomic E-state index is 12.2. The Labute approximate surface area is 154 Å². The van der Waals surface area contributed by atoms with E-state index in [-0.39, 0.29) is 11.7 Å². The number of anilines is 1. The van der Waals surface area contributed by atoms with E-state index in [2.05, 4.69) is 15.3 Å². The number of benzene rings is 1. The Morgan fingerprint density at radius 2 is 2.19 bits per heavy atom. The number of fused-ring (bicyclic) bond motifs is 1. The topological polar surface area (TPSA) is 93.5 Å². The molecule has 0 saturated carbocycles. The van der Waals surface area contributed by atoms with Crippen molar-refractivity contribution in [2.75, 3.05) is 5.32 Å². The third-order valence-corrected chi connectivity index (χ3v) is 4.44. The summed E-state index contributed by atoms with van der Waals surface area (Å²) in [5, 5.41) is 3.36. The van der Waals surface area contributed by atoms with Crippen molar-refractivity contribution in [3.63, 3.8) is 0 Å². The molecule has 4 rings (SSSR count). The molecule has 3 aromatic rings. The van der Waals surface area contributed by atoms with Gasteiger partial charge in [0.25, 0.3) is 5.91 Å². The lowest BCUT2D eigenvalue weighted by Crippen LogP contribution is -2.12. The predicted octanol–water partition coefficient (Wildman–Crippen LogP) is 3.72. The number of aliphatic imine (C=N–C) groups is 1. The quantitative estimate of drug-likeness (QED) is 0.735. The standard InChI is InChI=1S/C19H15ClN4O2/c20-15-4-3-13(23-19(25)17-2-1-5-26-17)8-14(15)16-7-12-6-11(9-21)10-22-18(12)24-16/h1-6,8,10H,7,9,21H2,(H,23,25). The molecule has 0 fully saturated rings. The number of carbonyl (C=O) groups is 1. The van der Waals surface area contributed by atoms with Crippen LogP contribution in [0.5, 0.6) is 0 Å². The smallest absolute Gasteiger partial charge is 0.291 e. The van der Waals surface area contributed by atoms with Crippen molar-refractivity contribution >= 4 is 34.7 Å². The molecule has 0 atom stereocenters. The van der Waals surface area contributed by atoms with Crippen LogP contribution in [0.4, 0.5) is 11.5 Å². The number of amides is 1. The van der Waals surface area contributed by atoms with Gasteiger partial charge in [-0.2, -0.15) is 0 Å². The molecular formula is C19H15ClN4O2. The molecule has 3 N–H and O–H groups in total. The van der Waals surface area contributed by atoms with Crippen molar-refractivity contribution in [1.82, 2.24) is 4.98 Å². The zero-order valence-electron chi connectivity index (χ0n) is 13.7. The Hall–Kier alpha value is -2.96. The number of hydrogen-bond donors (Lipinski definition) is 2. The van der Waals surface area contributed by atoms with Crippen LogP contribution in [0.3, 0.4) is 0 Å². The van der Waals surface area contributed by atoms with Gasteiger partial charge in [0, 0.05) is 41.0 Å². The van der Waals surface area contributed by atoms with Crippen molar-refractivity contribution in [1.29, 1.82) is 0 Å². The molecule has 2 aromatic heterocycles. The highest BCUT2D eigenvalue weighted by molar-refractivity contribution is 6.34. The van der Waals surface area contributed by atoms with Gasteiger partial charge < -0.3 is 15.5 Å². The number of rotatable bonds is 4. The summed E-state index contributed by atoms with van der Waals surface area (Å²) < 4.78 is 5.11. The van der Waals surface area contributed by atoms with E-state index >= 15 is 0 Å². The molecule has 0 radical (unpaired) electrons. The van der Waals surface area contributed by atoms with Gasteiger partial charge in [0.1, 0.15) is 0 Å². The lowest BCUT2D eigenvalue weighted by Gasteiger charge is -2.08. The molecule has 0 aliphatic carbocycles. The number of pyridine rings is 1. The van der Waals surface area contributed by atoms with E-state index in [1.807, 2.05) is 6.07 Å². The van der Waals surface area contributed by atoms with Gasteiger partial charge in [-0.3, -0.25) is 4.79 Å². The Kier molecular flexibility index (Phi) is 4.28. The van der Waals surface area contributed by atoms with E-state index in [4.69, 9.17) is 21.8 Å². The lowest BCUT2D eigenvalue weighted by atomic mass is 10.0. The van der Waals surface area contributed by atoms with Crippen LogP contribution >= 0.6 is 11.6 Å². The summed E-state index contributed by atoms with van der Waals surface area (Å²) in [6.45, 7) is 0.435. The average molecular weight is 367 g/mol. The Balaban J connectivity index is 1.60. The van der Waals surface area contributed by atoms with Gasteiger partial charge in [0.05, 0.1) is 12.0 Å². The third-order valence-electron chi connectivity index (χ3n) is 4.11. The van der Waals surface area contributed by atoms with Gasteiger partial charge >= 0.3 is 0 Å². The van der Waals surface area contributed by atoms with Crippen molar-refractivity contribution in [3.05, 3.63) is 76.3 Å². The van der Waals surface area contributed by atoms with E-state index in [1.54, 1.807) is 36.5 Å². The molecular weight excluding hydrogens is 352 g/mol. The number of nitrogens with one attached hydrogen (secondary N) is 1. The number of nitrogens with zero attached hydrogens (tertiary/aromatic N) is 2. The third kappa shape index (κ3) is 3.12. The molecule has 6 nitrogen and oxygen atoms in total. The first-order valence-corrected chi connectivity index (χ1v) is 8.42. The predicted molar refractivity (Wildman–Crippen MR) is 100 cm³/mol. The van der Waals surface area contributed by atoms with E-state index in [0.717, 1.165) is 22.4 Å². The monoisotopic (exact) mass is 366 g/mol. The highest BCUT2D eigenvalue weighted by atomic mass is 35.5. The van der Waals surface area contributed by atoms with Crippen LogP contribution in [-0.4, -0.2) is 16.6 Å². The zero-order valence-corrected chi connectivity index (χ0v) is 14.5. The molecule has 1 aliphatic rings. The van der Waals surface area contributed by atoms with Gasteiger partial charge in [-0.05, 0) is 42.0 Å². The number of hydrogen-bond acceptors (Lipinski definition) is 5. The van der Waals surface area contributed by atoms with Gasteiger partial charge in [0.2, 0.25) is 0 Å². The van der Waals surface area contributed by atoms with Crippen molar-refractivity contribution in [2.24, 2.45) is 10.7 Å². The zero-order chi connectivity index (χ0) is 18.1. The molecule has 0 bridgehead atoms. The highest BCUT2D eigenvalue weighted by Gasteiger charge is 2.20. The molecule has 0 unspecified atom stereocenters. The Morgan fingerprint density at radius 1 is 1.31 bits per heavy atom. The van der Waals surface area contributed by atoms with E-state index in [1.165, 1.54) is 6.26 Å². The summed E-state index contributed by atoms with van der Waals surface area (Å²) in [5.74, 6) is 0.595. The fraction of sp³-hybridized carbons (Fsp3) is 0.105. The van der Waals surface area contributed by atoms with Gasteiger partial charge in [-0.1, -0.05) is 11.6 Å². The van der Waals surface area contributed by atoms with E-state index in [9.17, 15) is 4.79 Å². The maximum absolute atomic E-state index is 12.2. The molecule has 130 valence electrons. The largest absolute Gasteiger partial charge is 0.459 e. The van der Waals surface area contributed by atoms with Crippen molar-refractivity contribution in [3.8, 4) is 0 Å². The van der Waals surface area contributed by atoms with Crippen molar-refractivity contribution < 1.29 is 9.21 Å². The molecule has 1 aliphatic heterocycles. The van der Waals surface area contributed by atoms with Crippen LogP contribution in [0, 0.1) is 0 Å². The summed E-state index contributed by atoms with van der Waals surface area (Å²) in [5.41, 5.74) is 9.83. The molecule has 1 aromatic carbocycles. The molecule has 7 heteroatoms. The molecule has 0 spiro atoms. The Morgan fingerprint density at radius 3 is 2.96 bits per heavy atom. The van der Waals surface area contributed by atoms with Crippen LogP contribution < -0.4 is 11.1 Å². The second-order valence-electron chi connectivity index (χ2n) is 5.89. The van der Waals surface area contributed by atoms with E-state index in [0.29, 0.717) is 29.5 Å². The first-order chi connectivity index (χ1) is 12.6. The first-order valence-electron chi connectivity index (χ1n) is 8.04. The van der Waals surface area contributed by atoms with Crippen LogP contribution in [-0.2, 0) is 13.0 Å². The summed E-state index contributed by atoms with van der Waals surface area (Å²) in [4.78, 5) is 21.1. The second-order valence-corrected chi connectivity index (χ2v) is 6.30. The van der Waals surface area contributed by atoms with Crippen LogP contribution in [0.1, 0.15) is 27.2 Å². The first kappa shape index (κ1) is 16.5. The second kappa shape index (κ2) is 6.74. The number of carbonyl (C=O) groups excluding carboxylic acids is 1. The normalized spacial score (nSPS) is 12.6. The Bertz CT molecular complexity index is 1010. The number of nitrogens with two attached hydrogens (primary N) is 1. The molecule has 26 heavy (non-hydrogen) atoms. The van der Waals surface area contributed by atoms with Crippen LogP contribution in [0.15, 0.2) is 58.3 Å². The number of halogens is 1. The van der Waals surface area contributed by atoms with Crippen LogP contribution in [0.2, 0.25) is 5.02 Å². The van der Waals surface area contributed by atoms with Crippen LogP contribution in [0.25, 0.3) is 0 Å². The minimum atomic E-state index is -0.325. The lowest BCUT2D eigenvalue weighted by molar-refractivity contribution is 0.0996.